The van der Waals surface area contributed by atoms with Crippen molar-refractivity contribution in [3.8, 4) is 0 Å². The summed E-state index contributed by atoms with van der Waals surface area (Å²) in [6.07, 6.45) is 1.58. The van der Waals surface area contributed by atoms with E-state index in [1.807, 2.05) is 29.3 Å². The molecular weight excluding hydrogens is 376 g/mol. The van der Waals surface area contributed by atoms with E-state index in [1.54, 1.807) is 17.7 Å². The van der Waals surface area contributed by atoms with Crippen LogP contribution < -0.4 is 0 Å². The normalized spacial score (nSPS) is 16.6. The first-order valence-electron chi connectivity index (χ1n) is 9.10. The van der Waals surface area contributed by atoms with Crippen LogP contribution in [0.25, 0.3) is 10.2 Å². The average molecular weight is 399 g/mol. The summed E-state index contributed by atoms with van der Waals surface area (Å²) in [5.74, 6) is 0.196. The third kappa shape index (κ3) is 4.31. The van der Waals surface area contributed by atoms with Gasteiger partial charge in [0, 0.05) is 38.1 Å². The van der Waals surface area contributed by atoms with Gasteiger partial charge in [0.25, 0.3) is 0 Å². The molecule has 140 valence electrons. The number of thioether (sulfide) groups is 1. The SMILES string of the molecule is C[C@H](Sc1ncnc2sccc12)C(=O)N1CCN(Cc2ccccc2)CC1. The van der Waals surface area contributed by atoms with Crippen molar-refractivity contribution in [1.82, 2.24) is 19.8 Å². The zero-order chi connectivity index (χ0) is 18.6. The maximum atomic E-state index is 12.9. The van der Waals surface area contributed by atoms with Crippen molar-refractivity contribution >= 4 is 39.2 Å². The van der Waals surface area contributed by atoms with Gasteiger partial charge in [-0.3, -0.25) is 9.69 Å². The van der Waals surface area contributed by atoms with E-state index >= 15 is 0 Å². The topological polar surface area (TPSA) is 49.3 Å². The number of fused-ring (bicyclic) bond motifs is 1. The Morgan fingerprint density at radius 1 is 1.15 bits per heavy atom. The molecule has 4 rings (SSSR count). The Morgan fingerprint density at radius 2 is 1.93 bits per heavy atom. The summed E-state index contributed by atoms with van der Waals surface area (Å²) in [7, 11) is 0. The highest BCUT2D eigenvalue weighted by molar-refractivity contribution is 8.00. The Balaban J connectivity index is 1.33. The summed E-state index contributed by atoms with van der Waals surface area (Å²) < 4.78 is 0. The van der Waals surface area contributed by atoms with E-state index in [4.69, 9.17) is 0 Å². The van der Waals surface area contributed by atoms with Crippen LogP contribution in [0.3, 0.4) is 0 Å². The molecule has 0 radical (unpaired) electrons. The van der Waals surface area contributed by atoms with Gasteiger partial charge in [-0.25, -0.2) is 9.97 Å². The van der Waals surface area contributed by atoms with Crippen LogP contribution in [0.5, 0.6) is 0 Å². The van der Waals surface area contributed by atoms with E-state index in [0.717, 1.165) is 48.0 Å². The zero-order valence-electron chi connectivity index (χ0n) is 15.2. The molecule has 1 saturated heterocycles. The van der Waals surface area contributed by atoms with Crippen molar-refractivity contribution in [2.24, 2.45) is 0 Å². The second-order valence-corrected chi connectivity index (χ2v) is 8.89. The summed E-state index contributed by atoms with van der Waals surface area (Å²) in [4.78, 5) is 26.9. The number of benzene rings is 1. The standard InChI is InChI=1S/C20H22N4OS2/c1-15(27-19-17-7-12-26-18(17)21-14-22-19)20(25)24-10-8-23(9-11-24)13-16-5-3-2-4-6-16/h2-7,12,14-15H,8-11,13H2,1H3/t15-/m0/s1. The van der Waals surface area contributed by atoms with Crippen LogP contribution in [-0.2, 0) is 11.3 Å². The number of aromatic nitrogens is 2. The zero-order valence-corrected chi connectivity index (χ0v) is 16.9. The van der Waals surface area contributed by atoms with Crippen LogP contribution in [0, 0.1) is 0 Å². The highest BCUT2D eigenvalue weighted by Gasteiger charge is 2.26. The van der Waals surface area contributed by atoms with Crippen molar-refractivity contribution in [3.63, 3.8) is 0 Å². The number of thiophene rings is 1. The molecule has 3 heterocycles. The third-order valence-corrected chi connectivity index (χ3v) is 6.72. The molecule has 0 unspecified atom stereocenters. The predicted molar refractivity (Wildman–Crippen MR) is 111 cm³/mol. The molecule has 27 heavy (non-hydrogen) atoms. The van der Waals surface area contributed by atoms with Gasteiger partial charge in [-0.2, -0.15) is 0 Å². The highest BCUT2D eigenvalue weighted by Crippen LogP contribution is 2.31. The summed E-state index contributed by atoms with van der Waals surface area (Å²) in [6, 6.07) is 12.5. The Bertz CT molecular complexity index is 907. The molecule has 1 aromatic carbocycles. The number of amides is 1. The van der Waals surface area contributed by atoms with E-state index in [0.29, 0.717) is 0 Å². The van der Waals surface area contributed by atoms with Gasteiger partial charge in [-0.15, -0.1) is 11.3 Å². The van der Waals surface area contributed by atoms with Crippen LogP contribution in [0.4, 0.5) is 0 Å². The Morgan fingerprint density at radius 3 is 2.70 bits per heavy atom. The largest absolute Gasteiger partial charge is 0.339 e. The van der Waals surface area contributed by atoms with Crippen molar-refractivity contribution in [2.75, 3.05) is 26.2 Å². The summed E-state index contributed by atoms with van der Waals surface area (Å²) in [5.41, 5.74) is 1.32. The molecule has 1 fully saturated rings. The minimum absolute atomic E-state index is 0.149. The van der Waals surface area contributed by atoms with Crippen molar-refractivity contribution in [3.05, 3.63) is 53.7 Å². The fourth-order valence-corrected chi connectivity index (χ4v) is 5.09. The van der Waals surface area contributed by atoms with Gasteiger partial charge in [0.1, 0.15) is 16.2 Å². The molecule has 1 amide bonds. The second-order valence-electron chi connectivity index (χ2n) is 6.67. The predicted octanol–water partition coefficient (Wildman–Crippen LogP) is 3.52. The van der Waals surface area contributed by atoms with E-state index in [9.17, 15) is 4.79 Å². The molecule has 0 spiro atoms. The molecule has 1 aliphatic rings. The van der Waals surface area contributed by atoms with Gasteiger partial charge in [0.2, 0.25) is 5.91 Å². The van der Waals surface area contributed by atoms with Crippen LogP contribution >= 0.6 is 23.1 Å². The third-order valence-electron chi connectivity index (χ3n) is 4.79. The van der Waals surface area contributed by atoms with Crippen molar-refractivity contribution < 1.29 is 4.79 Å². The van der Waals surface area contributed by atoms with E-state index in [-0.39, 0.29) is 11.2 Å². The molecule has 1 aliphatic heterocycles. The molecule has 0 N–H and O–H groups in total. The first-order valence-corrected chi connectivity index (χ1v) is 10.9. The quantitative estimate of drug-likeness (QED) is 0.486. The number of hydrogen-bond acceptors (Lipinski definition) is 6. The molecule has 3 aromatic rings. The van der Waals surface area contributed by atoms with Crippen molar-refractivity contribution in [1.29, 1.82) is 0 Å². The summed E-state index contributed by atoms with van der Waals surface area (Å²) in [6.45, 7) is 6.33. The minimum Gasteiger partial charge on any atom is -0.339 e. The number of piperazine rings is 1. The van der Waals surface area contributed by atoms with Crippen LogP contribution in [0.1, 0.15) is 12.5 Å². The number of carbonyl (C=O) groups is 1. The van der Waals surface area contributed by atoms with Gasteiger partial charge >= 0.3 is 0 Å². The molecule has 7 heteroatoms. The minimum atomic E-state index is -0.149. The average Bonchev–Trinajstić information content (AvgIpc) is 3.19. The maximum absolute atomic E-state index is 12.9. The fraction of sp³-hybridized carbons (Fsp3) is 0.350. The molecule has 0 saturated carbocycles. The number of rotatable bonds is 5. The van der Waals surface area contributed by atoms with E-state index < -0.39 is 0 Å². The molecule has 0 bridgehead atoms. The maximum Gasteiger partial charge on any atom is 0.235 e. The van der Waals surface area contributed by atoms with Gasteiger partial charge in [-0.05, 0) is 23.9 Å². The summed E-state index contributed by atoms with van der Waals surface area (Å²) >= 11 is 3.13. The number of hydrogen-bond donors (Lipinski definition) is 0. The Hall–Kier alpha value is -1.96. The van der Waals surface area contributed by atoms with Crippen LogP contribution in [0.2, 0.25) is 0 Å². The second kappa shape index (κ2) is 8.37. The van der Waals surface area contributed by atoms with Gasteiger partial charge < -0.3 is 4.90 Å². The van der Waals surface area contributed by atoms with Gasteiger partial charge in [-0.1, -0.05) is 42.1 Å². The molecule has 0 aliphatic carbocycles. The Kier molecular flexibility index (Phi) is 5.71. The van der Waals surface area contributed by atoms with E-state index in [2.05, 4.69) is 39.1 Å². The van der Waals surface area contributed by atoms with Crippen molar-refractivity contribution in [2.45, 2.75) is 23.7 Å². The van der Waals surface area contributed by atoms with Gasteiger partial charge in [0.15, 0.2) is 0 Å². The molecular formula is C20H22N4OS2. The fourth-order valence-electron chi connectivity index (χ4n) is 3.30. The lowest BCUT2D eigenvalue weighted by Gasteiger charge is -2.35. The number of nitrogens with zero attached hydrogens (tertiary/aromatic N) is 4. The lowest BCUT2D eigenvalue weighted by Crippen LogP contribution is -2.50. The Labute approximate surface area is 167 Å². The monoisotopic (exact) mass is 398 g/mol. The van der Waals surface area contributed by atoms with E-state index in [1.165, 1.54) is 17.3 Å². The molecule has 2 aromatic heterocycles. The first kappa shape index (κ1) is 18.4. The molecule has 1 atom stereocenters. The summed E-state index contributed by atoms with van der Waals surface area (Å²) in [5, 5.41) is 3.80. The smallest absolute Gasteiger partial charge is 0.235 e. The molecule has 5 nitrogen and oxygen atoms in total. The first-order chi connectivity index (χ1) is 13.2. The van der Waals surface area contributed by atoms with Gasteiger partial charge in [0.05, 0.1) is 5.25 Å². The lowest BCUT2D eigenvalue weighted by atomic mass is 10.2. The highest BCUT2D eigenvalue weighted by atomic mass is 32.2. The van der Waals surface area contributed by atoms with Crippen LogP contribution in [0.15, 0.2) is 53.1 Å². The van der Waals surface area contributed by atoms with Crippen LogP contribution in [-0.4, -0.2) is 57.1 Å². The number of carbonyl (C=O) groups excluding carboxylic acids is 1. The lowest BCUT2D eigenvalue weighted by molar-refractivity contribution is -0.132.